The minimum Gasteiger partial charge on any atom is -0.480 e. The van der Waals surface area contributed by atoms with E-state index in [-0.39, 0.29) is 23.8 Å². The number of nitrogens with zero attached hydrogens (tertiary/aromatic N) is 1. The average Bonchev–Trinajstić information content (AvgIpc) is 2.82. The van der Waals surface area contributed by atoms with Crippen molar-refractivity contribution in [1.82, 2.24) is 10.2 Å². The van der Waals surface area contributed by atoms with Crippen LogP contribution in [-0.4, -0.2) is 52.6 Å². The van der Waals surface area contributed by atoms with E-state index in [1.54, 1.807) is 5.32 Å². The van der Waals surface area contributed by atoms with Gasteiger partial charge < -0.3 is 15.3 Å². The van der Waals surface area contributed by atoms with E-state index in [1.807, 2.05) is 13.8 Å². The van der Waals surface area contributed by atoms with Crippen LogP contribution in [0.4, 0.5) is 13.2 Å². The maximum absolute atomic E-state index is 12.8. The molecule has 0 radical (unpaired) electrons. The fraction of sp³-hybridized carbons (Fsp3) is 0.812. The summed E-state index contributed by atoms with van der Waals surface area (Å²) in [4.78, 5) is 36.9. The predicted molar refractivity (Wildman–Crippen MR) is 81.3 cm³/mol. The smallest absolute Gasteiger partial charge is 0.471 e. The van der Waals surface area contributed by atoms with Gasteiger partial charge in [-0.05, 0) is 16.7 Å². The first-order chi connectivity index (χ1) is 11.1. The van der Waals surface area contributed by atoms with Crippen molar-refractivity contribution in [2.24, 2.45) is 22.7 Å². The fourth-order valence-corrected chi connectivity index (χ4v) is 3.82. The van der Waals surface area contributed by atoms with E-state index in [2.05, 4.69) is 0 Å². The lowest BCUT2D eigenvalue weighted by molar-refractivity contribution is -0.176. The van der Waals surface area contributed by atoms with Crippen LogP contribution < -0.4 is 5.32 Å². The highest BCUT2D eigenvalue weighted by Gasteiger charge is 2.70. The summed E-state index contributed by atoms with van der Waals surface area (Å²) in [6.07, 6.45) is -5.12. The molecule has 0 aromatic heterocycles. The van der Waals surface area contributed by atoms with Crippen molar-refractivity contribution < 1.29 is 32.7 Å². The number of alkyl halides is 3. The van der Waals surface area contributed by atoms with Crippen molar-refractivity contribution in [3.05, 3.63) is 0 Å². The normalized spacial score (nSPS) is 29.0. The lowest BCUT2D eigenvalue weighted by Gasteiger charge is -2.36. The van der Waals surface area contributed by atoms with Crippen LogP contribution in [0.25, 0.3) is 0 Å². The number of rotatable bonds is 3. The van der Waals surface area contributed by atoms with Crippen LogP contribution in [-0.2, 0) is 14.4 Å². The lowest BCUT2D eigenvalue weighted by Crippen LogP contribution is -2.59. The Bertz CT molecular complexity index is 609. The Morgan fingerprint density at radius 1 is 1.20 bits per heavy atom. The Kier molecular flexibility index (Phi) is 4.38. The Morgan fingerprint density at radius 2 is 1.72 bits per heavy atom. The van der Waals surface area contributed by atoms with Gasteiger partial charge in [-0.25, -0.2) is 4.79 Å². The molecule has 0 bridgehead atoms. The summed E-state index contributed by atoms with van der Waals surface area (Å²) in [5.74, 6) is -4.41. The molecule has 2 N–H and O–H groups in total. The van der Waals surface area contributed by atoms with Gasteiger partial charge in [-0.15, -0.1) is 0 Å². The Hall–Kier alpha value is -1.80. The summed E-state index contributed by atoms with van der Waals surface area (Å²) >= 11 is 0. The topological polar surface area (TPSA) is 86.7 Å². The molecule has 142 valence electrons. The molecule has 4 atom stereocenters. The van der Waals surface area contributed by atoms with Crippen LogP contribution in [0, 0.1) is 22.7 Å². The predicted octanol–water partition coefficient (Wildman–Crippen LogP) is 1.65. The summed E-state index contributed by atoms with van der Waals surface area (Å²) in [7, 11) is 0. The number of nitrogens with one attached hydrogen (secondary N) is 1. The Balaban J connectivity index is 2.26. The number of carbonyl (C=O) groups excluding carboxylic acids is 2. The third-order valence-corrected chi connectivity index (χ3v) is 5.39. The molecular weight excluding hydrogens is 341 g/mol. The van der Waals surface area contributed by atoms with Crippen LogP contribution in [0.1, 0.15) is 34.6 Å². The number of aliphatic carboxylic acids is 1. The first-order valence-electron chi connectivity index (χ1n) is 8.01. The highest BCUT2D eigenvalue weighted by molar-refractivity contribution is 5.93. The van der Waals surface area contributed by atoms with Gasteiger partial charge in [0, 0.05) is 12.5 Å². The van der Waals surface area contributed by atoms with Crippen molar-refractivity contribution >= 4 is 17.8 Å². The van der Waals surface area contributed by atoms with E-state index in [0.29, 0.717) is 0 Å². The molecule has 1 saturated heterocycles. The summed E-state index contributed by atoms with van der Waals surface area (Å²) < 4.78 is 37.7. The number of amides is 2. The van der Waals surface area contributed by atoms with Crippen LogP contribution in [0.15, 0.2) is 0 Å². The van der Waals surface area contributed by atoms with Crippen molar-refractivity contribution in [3.63, 3.8) is 0 Å². The standard InChI is InChI=1S/C16H23F3N2O4/c1-14(2,3)10(20-13(25)16(17,18)19)11(22)21-6-7-8(15(7,4)5)9(21)12(23)24/h7-10H,6H2,1-5H3,(H,20,25)(H,23,24)/t7?,8-,9-,10+/m0/s1. The van der Waals surface area contributed by atoms with Crippen LogP contribution in [0.3, 0.4) is 0 Å². The number of carbonyl (C=O) groups is 3. The second-order valence-electron chi connectivity index (χ2n) is 8.50. The number of fused-ring (bicyclic) bond motifs is 1. The van der Waals surface area contributed by atoms with E-state index in [4.69, 9.17) is 0 Å². The van der Waals surface area contributed by atoms with Gasteiger partial charge in [0.15, 0.2) is 0 Å². The van der Waals surface area contributed by atoms with E-state index in [9.17, 15) is 32.7 Å². The molecule has 2 amide bonds. The maximum atomic E-state index is 12.8. The van der Waals surface area contributed by atoms with Crippen molar-refractivity contribution in [3.8, 4) is 0 Å². The van der Waals surface area contributed by atoms with Gasteiger partial charge in [-0.2, -0.15) is 13.2 Å². The van der Waals surface area contributed by atoms with Gasteiger partial charge in [0.2, 0.25) is 5.91 Å². The average molecular weight is 364 g/mol. The Morgan fingerprint density at radius 3 is 2.12 bits per heavy atom. The zero-order valence-electron chi connectivity index (χ0n) is 14.8. The number of hydrogen-bond donors (Lipinski definition) is 2. The third kappa shape index (κ3) is 3.32. The molecular formula is C16H23F3N2O4. The van der Waals surface area contributed by atoms with Crippen LogP contribution in [0.5, 0.6) is 0 Å². The van der Waals surface area contributed by atoms with E-state index in [0.717, 1.165) is 4.90 Å². The molecule has 0 spiro atoms. The van der Waals surface area contributed by atoms with Gasteiger partial charge >= 0.3 is 18.1 Å². The van der Waals surface area contributed by atoms with E-state index < -0.39 is 41.5 Å². The molecule has 1 unspecified atom stereocenters. The number of carboxylic acids is 1. The van der Waals surface area contributed by atoms with E-state index in [1.165, 1.54) is 20.8 Å². The summed E-state index contributed by atoms with van der Waals surface area (Å²) in [5, 5.41) is 11.2. The van der Waals surface area contributed by atoms with Crippen molar-refractivity contribution in [2.45, 2.75) is 52.9 Å². The van der Waals surface area contributed by atoms with Gasteiger partial charge in [0.1, 0.15) is 12.1 Å². The largest absolute Gasteiger partial charge is 0.480 e. The fourth-order valence-electron chi connectivity index (χ4n) is 3.82. The second-order valence-corrected chi connectivity index (χ2v) is 8.50. The number of piperidine rings is 1. The Labute approximate surface area is 143 Å². The lowest BCUT2D eigenvalue weighted by atomic mass is 9.85. The SMILES string of the molecule is CC(C)(C)[C@H](NC(=O)C(F)(F)F)C(=O)N1CC2[C@@H]([C@H]1C(=O)O)C2(C)C. The first-order valence-corrected chi connectivity index (χ1v) is 8.01. The van der Waals surface area contributed by atoms with Gasteiger partial charge in [0.25, 0.3) is 0 Å². The summed E-state index contributed by atoms with van der Waals surface area (Å²) in [5.41, 5.74) is -1.23. The number of hydrogen-bond acceptors (Lipinski definition) is 3. The molecule has 1 aliphatic carbocycles. The molecule has 2 rings (SSSR count). The van der Waals surface area contributed by atoms with Crippen LogP contribution >= 0.6 is 0 Å². The molecule has 9 heteroatoms. The highest BCUT2D eigenvalue weighted by Crippen LogP contribution is 2.65. The number of carboxylic acid groups (broad SMARTS) is 1. The molecule has 1 saturated carbocycles. The van der Waals surface area contributed by atoms with Crippen molar-refractivity contribution in [1.29, 1.82) is 0 Å². The van der Waals surface area contributed by atoms with Gasteiger partial charge in [-0.1, -0.05) is 34.6 Å². The maximum Gasteiger partial charge on any atom is 0.471 e. The van der Waals surface area contributed by atoms with Crippen molar-refractivity contribution in [2.75, 3.05) is 6.54 Å². The number of likely N-dealkylation sites (tertiary alicyclic amines) is 1. The second kappa shape index (κ2) is 5.60. The van der Waals surface area contributed by atoms with Gasteiger partial charge in [-0.3, -0.25) is 9.59 Å². The van der Waals surface area contributed by atoms with E-state index >= 15 is 0 Å². The summed E-state index contributed by atoms with van der Waals surface area (Å²) in [6, 6.07) is -2.55. The molecule has 2 aliphatic rings. The quantitative estimate of drug-likeness (QED) is 0.797. The van der Waals surface area contributed by atoms with Crippen LogP contribution in [0.2, 0.25) is 0 Å². The molecule has 1 heterocycles. The zero-order valence-corrected chi connectivity index (χ0v) is 14.8. The molecule has 2 fully saturated rings. The molecule has 0 aromatic carbocycles. The number of halogens is 3. The first kappa shape index (κ1) is 19.5. The molecule has 1 aliphatic heterocycles. The zero-order chi connectivity index (χ0) is 19.5. The highest BCUT2D eigenvalue weighted by atomic mass is 19.4. The minimum absolute atomic E-state index is 0.00325. The molecule has 25 heavy (non-hydrogen) atoms. The summed E-state index contributed by atoms with van der Waals surface area (Å²) in [6.45, 7) is 8.54. The third-order valence-electron chi connectivity index (χ3n) is 5.39. The molecule has 0 aromatic rings. The monoisotopic (exact) mass is 364 g/mol. The minimum atomic E-state index is -5.12. The molecule has 6 nitrogen and oxygen atoms in total. The van der Waals surface area contributed by atoms with Gasteiger partial charge in [0.05, 0.1) is 0 Å².